The first-order chi connectivity index (χ1) is 7.93. The topological polar surface area (TPSA) is 42.2 Å². The highest BCUT2D eigenvalue weighted by atomic mass is 32.2. The van der Waals surface area contributed by atoms with Crippen LogP contribution in [-0.2, 0) is 0 Å². The van der Waals surface area contributed by atoms with Crippen LogP contribution in [0.3, 0.4) is 0 Å². The van der Waals surface area contributed by atoms with Crippen LogP contribution in [0.25, 0.3) is 5.52 Å². The molecule has 3 heterocycles. The molecule has 0 aromatic carbocycles. The lowest BCUT2D eigenvalue weighted by atomic mass is 10.1. The highest BCUT2D eigenvalue weighted by molar-refractivity contribution is 7.99. The summed E-state index contributed by atoms with van der Waals surface area (Å²) in [5, 5.41) is 7.73. The lowest BCUT2D eigenvalue weighted by Gasteiger charge is -2.23. The number of thioether (sulfide) groups is 1. The number of hydrogen-bond donors (Lipinski definition) is 1. The minimum Gasteiger partial charge on any atom is -0.365 e. The smallest absolute Gasteiger partial charge is 0.152 e. The maximum absolute atomic E-state index is 4.39. The summed E-state index contributed by atoms with van der Waals surface area (Å²) in [6.07, 6.45) is 7.92. The van der Waals surface area contributed by atoms with E-state index < -0.39 is 0 Å². The van der Waals surface area contributed by atoms with E-state index in [1.807, 2.05) is 28.5 Å². The zero-order chi connectivity index (χ0) is 10.8. The summed E-state index contributed by atoms with van der Waals surface area (Å²) >= 11 is 2.04. The monoisotopic (exact) mass is 234 g/mol. The molecule has 0 saturated carbocycles. The molecule has 0 unspecified atom stereocenters. The van der Waals surface area contributed by atoms with E-state index in [0.29, 0.717) is 6.04 Å². The third kappa shape index (κ3) is 1.87. The van der Waals surface area contributed by atoms with Gasteiger partial charge in [0.05, 0.1) is 6.20 Å². The second kappa shape index (κ2) is 4.33. The number of nitrogens with one attached hydrogen (secondary N) is 1. The molecule has 1 aliphatic heterocycles. The van der Waals surface area contributed by atoms with Gasteiger partial charge in [-0.05, 0) is 30.4 Å². The van der Waals surface area contributed by atoms with Crippen molar-refractivity contribution in [2.24, 2.45) is 0 Å². The van der Waals surface area contributed by atoms with Gasteiger partial charge in [-0.25, -0.2) is 9.50 Å². The Bertz CT molecular complexity index is 476. The van der Waals surface area contributed by atoms with Crippen molar-refractivity contribution in [1.29, 1.82) is 0 Å². The molecule has 3 rings (SSSR count). The summed E-state index contributed by atoms with van der Waals surface area (Å²) in [5.41, 5.74) is 1.06. The number of hydrogen-bond acceptors (Lipinski definition) is 4. The molecule has 84 valence electrons. The SMILES string of the molecule is c1cn2nccc2c(NC2CCSCC2)n1. The molecule has 2 aromatic heterocycles. The van der Waals surface area contributed by atoms with E-state index in [1.54, 1.807) is 12.4 Å². The number of aromatic nitrogens is 3. The first kappa shape index (κ1) is 9.96. The number of rotatable bonds is 2. The van der Waals surface area contributed by atoms with Crippen molar-refractivity contribution in [2.45, 2.75) is 18.9 Å². The van der Waals surface area contributed by atoms with Crippen LogP contribution in [0, 0.1) is 0 Å². The first-order valence-corrected chi connectivity index (χ1v) is 6.71. The molecule has 16 heavy (non-hydrogen) atoms. The second-order valence-electron chi connectivity index (χ2n) is 3.97. The van der Waals surface area contributed by atoms with Gasteiger partial charge >= 0.3 is 0 Å². The molecule has 5 heteroatoms. The fraction of sp³-hybridized carbons (Fsp3) is 0.455. The maximum Gasteiger partial charge on any atom is 0.152 e. The molecule has 0 amide bonds. The van der Waals surface area contributed by atoms with Gasteiger partial charge in [-0.15, -0.1) is 0 Å². The van der Waals surface area contributed by atoms with E-state index in [-0.39, 0.29) is 0 Å². The molecule has 4 nitrogen and oxygen atoms in total. The predicted octanol–water partition coefficient (Wildman–Crippen LogP) is 2.04. The predicted molar refractivity (Wildman–Crippen MR) is 67.0 cm³/mol. The van der Waals surface area contributed by atoms with Crippen LogP contribution in [0.15, 0.2) is 24.7 Å². The van der Waals surface area contributed by atoms with E-state index in [2.05, 4.69) is 15.4 Å². The fourth-order valence-electron chi connectivity index (χ4n) is 2.00. The molecule has 1 N–H and O–H groups in total. The molecule has 0 bridgehead atoms. The van der Waals surface area contributed by atoms with Crippen LogP contribution < -0.4 is 5.32 Å². The zero-order valence-electron chi connectivity index (χ0n) is 8.97. The normalized spacial score (nSPS) is 17.8. The van der Waals surface area contributed by atoms with Gasteiger partial charge in [0.1, 0.15) is 5.52 Å². The third-order valence-electron chi connectivity index (χ3n) is 2.89. The summed E-state index contributed by atoms with van der Waals surface area (Å²) in [7, 11) is 0. The lowest BCUT2D eigenvalue weighted by Crippen LogP contribution is -2.25. The van der Waals surface area contributed by atoms with E-state index in [9.17, 15) is 0 Å². The van der Waals surface area contributed by atoms with Crippen molar-refractivity contribution in [2.75, 3.05) is 16.8 Å². The van der Waals surface area contributed by atoms with Gasteiger partial charge in [-0.2, -0.15) is 16.9 Å². The molecule has 1 fully saturated rings. The minimum absolute atomic E-state index is 0.565. The Labute approximate surface area is 98.4 Å². The summed E-state index contributed by atoms with van der Waals surface area (Å²) in [6.45, 7) is 0. The Balaban J connectivity index is 1.85. The van der Waals surface area contributed by atoms with E-state index in [1.165, 1.54) is 24.3 Å². The summed E-state index contributed by atoms with van der Waals surface area (Å²) in [5.74, 6) is 3.46. The molecular weight excluding hydrogens is 220 g/mol. The van der Waals surface area contributed by atoms with Crippen LogP contribution in [-0.4, -0.2) is 32.1 Å². The summed E-state index contributed by atoms with van der Waals surface area (Å²) in [4.78, 5) is 4.39. The van der Waals surface area contributed by atoms with Gasteiger partial charge in [-0.3, -0.25) is 0 Å². The van der Waals surface area contributed by atoms with E-state index in [4.69, 9.17) is 0 Å². The van der Waals surface area contributed by atoms with Gasteiger partial charge in [0, 0.05) is 18.4 Å². The minimum atomic E-state index is 0.565. The summed E-state index contributed by atoms with van der Waals surface area (Å²) < 4.78 is 1.85. The Morgan fingerprint density at radius 3 is 3.06 bits per heavy atom. The lowest BCUT2D eigenvalue weighted by molar-refractivity contribution is 0.664. The Morgan fingerprint density at radius 2 is 2.19 bits per heavy atom. The van der Waals surface area contributed by atoms with Gasteiger partial charge in [0.2, 0.25) is 0 Å². The maximum atomic E-state index is 4.39. The molecule has 0 atom stereocenters. The Morgan fingerprint density at radius 1 is 1.31 bits per heavy atom. The molecule has 0 spiro atoms. The van der Waals surface area contributed by atoms with E-state index >= 15 is 0 Å². The molecular formula is C11H14N4S. The highest BCUT2D eigenvalue weighted by Crippen LogP contribution is 2.21. The molecule has 1 saturated heterocycles. The van der Waals surface area contributed by atoms with Crippen molar-refractivity contribution in [3.63, 3.8) is 0 Å². The average Bonchev–Trinajstić information content (AvgIpc) is 2.80. The van der Waals surface area contributed by atoms with Crippen molar-refractivity contribution < 1.29 is 0 Å². The Kier molecular flexibility index (Phi) is 2.70. The standard InChI is InChI=1S/C11H14N4S/c1-4-13-15-6-5-12-11(10(1)15)14-9-2-7-16-8-3-9/h1,4-6,9H,2-3,7-8H2,(H,12,14). The fourth-order valence-corrected chi connectivity index (χ4v) is 3.11. The Hall–Kier alpha value is -1.23. The molecule has 0 aliphatic carbocycles. The van der Waals surface area contributed by atoms with Crippen molar-refractivity contribution in [1.82, 2.24) is 14.6 Å². The second-order valence-corrected chi connectivity index (χ2v) is 5.19. The molecule has 2 aromatic rings. The summed E-state index contributed by atoms with van der Waals surface area (Å²) in [6, 6.07) is 2.56. The molecule has 1 aliphatic rings. The number of fused-ring (bicyclic) bond motifs is 1. The van der Waals surface area contributed by atoms with Crippen LogP contribution in [0.5, 0.6) is 0 Å². The third-order valence-corrected chi connectivity index (χ3v) is 3.94. The number of nitrogens with zero attached hydrogens (tertiary/aromatic N) is 3. The first-order valence-electron chi connectivity index (χ1n) is 5.56. The van der Waals surface area contributed by atoms with Gasteiger partial charge < -0.3 is 5.32 Å². The van der Waals surface area contributed by atoms with E-state index in [0.717, 1.165) is 11.3 Å². The quantitative estimate of drug-likeness (QED) is 0.863. The van der Waals surface area contributed by atoms with Gasteiger partial charge in [0.15, 0.2) is 5.82 Å². The van der Waals surface area contributed by atoms with Gasteiger partial charge in [-0.1, -0.05) is 0 Å². The van der Waals surface area contributed by atoms with Crippen molar-refractivity contribution in [3.05, 3.63) is 24.7 Å². The van der Waals surface area contributed by atoms with Crippen LogP contribution in [0.4, 0.5) is 5.82 Å². The zero-order valence-corrected chi connectivity index (χ0v) is 9.78. The van der Waals surface area contributed by atoms with Gasteiger partial charge in [0.25, 0.3) is 0 Å². The average molecular weight is 234 g/mol. The largest absolute Gasteiger partial charge is 0.365 e. The van der Waals surface area contributed by atoms with Crippen molar-refractivity contribution in [3.8, 4) is 0 Å². The van der Waals surface area contributed by atoms with Crippen LogP contribution >= 0.6 is 11.8 Å². The van der Waals surface area contributed by atoms with Crippen LogP contribution in [0.1, 0.15) is 12.8 Å². The van der Waals surface area contributed by atoms with Crippen molar-refractivity contribution >= 4 is 23.1 Å². The molecule has 0 radical (unpaired) electrons. The number of anilines is 1. The highest BCUT2D eigenvalue weighted by Gasteiger charge is 2.15. The van der Waals surface area contributed by atoms with Crippen LogP contribution in [0.2, 0.25) is 0 Å².